The predicted octanol–water partition coefficient (Wildman–Crippen LogP) is 12.5. The molecule has 0 saturated carbocycles. The van der Waals surface area contributed by atoms with E-state index in [1.165, 1.54) is 32.6 Å². The highest BCUT2D eigenvalue weighted by atomic mass is 16.3. The van der Waals surface area contributed by atoms with Gasteiger partial charge in [-0.2, -0.15) is 0 Å². The van der Waals surface area contributed by atoms with Crippen LogP contribution in [0.25, 0.3) is 71.0 Å². The van der Waals surface area contributed by atoms with Gasteiger partial charge in [0, 0.05) is 49.1 Å². The van der Waals surface area contributed by atoms with E-state index in [-0.39, 0.29) is 0 Å². The first-order chi connectivity index (χ1) is 23.3. The summed E-state index contributed by atoms with van der Waals surface area (Å²) in [6.07, 6.45) is 0. The summed E-state index contributed by atoms with van der Waals surface area (Å²) in [7, 11) is 0. The van der Waals surface area contributed by atoms with Crippen LogP contribution in [0, 0.1) is 0 Å². The van der Waals surface area contributed by atoms with Gasteiger partial charge in [0.15, 0.2) is 0 Å². The van der Waals surface area contributed by atoms with Crippen LogP contribution >= 0.6 is 0 Å². The fraction of sp³-hybridized carbons (Fsp3) is 0. The molecule has 0 aliphatic carbocycles. The summed E-state index contributed by atoms with van der Waals surface area (Å²) < 4.78 is 8.86. The second-order valence-electron chi connectivity index (χ2n) is 12.1. The van der Waals surface area contributed by atoms with Crippen molar-refractivity contribution < 1.29 is 4.42 Å². The van der Waals surface area contributed by atoms with Crippen molar-refractivity contribution in [3.8, 4) is 5.69 Å². The van der Waals surface area contributed by atoms with Crippen LogP contribution in [0.15, 0.2) is 174 Å². The third kappa shape index (κ3) is 3.87. The van der Waals surface area contributed by atoms with Crippen molar-refractivity contribution in [1.29, 1.82) is 0 Å². The fourth-order valence-electron chi connectivity index (χ4n) is 7.48. The first-order valence-electron chi connectivity index (χ1n) is 16.0. The first-order valence-corrected chi connectivity index (χ1v) is 16.0. The lowest BCUT2D eigenvalue weighted by Gasteiger charge is -2.28. The number of fused-ring (bicyclic) bond motifs is 9. The quantitative estimate of drug-likeness (QED) is 0.200. The lowest BCUT2D eigenvalue weighted by molar-refractivity contribution is 0.672. The second kappa shape index (κ2) is 10.1. The Morgan fingerprint density at radius 1 is 0.383 bits per heavy atom. The van der Waals surface area contributed by atoms with Crippen molar-refractivity contribution in [2.24, 2.45) is 0 Å². The normalized spacial score (nSPS) is 11.8. The molecule has 0 atom stereocenters. The summed E-state index contributed by atoms with van der Waals surface area (Å²) in [5.41, 5.74) is 8.69. The molecule has 3 nitrogen and oxygen atoms in total. The molecule has 0 unspecified atom stereocenters. The van der Waals surface area contributed by atoms with Crippen LogP contribution < -0.4 is 4.90 Å². The van der Waals surface area contributed by atoms with Gasteiger partial charge in [0.05, 0.1) is 22.4 Å². The number of aromatic nitrogens is 1. The summed E-state index contributed by atoms with van der Waals surface area (Å²) in [5, 5.41) is 9.44. The number of benzene rings is 8. The zero-order valence-electron chi connectivity index (χ0n) is 25.5. The summed E-state index contributed by atoms with van der Waals surface area (Å²) >= 11 is 0. The molecule has 0 N–H and O–H groups in total. The molecule has 220 valence electrons. The molecular weight excluding hydrogens is 572 g/mol. The van der Waals surface area contributed by atoms with E-state index in [0.29, 0.717) is 0 Å². The van der Waals surface area contributed by atoms with Crippen molar-refractivity contribution in [2.45, 2.75) is 0 Å². The topological polar surface area (TPSA) is 21.3 Å². The molecule has 3 heteroatoms. The molecule has 0 radical (unpaired) electrons. The molecule has 47 heavy (non-hydrogen) atoms. The standard InChI is InChI=1S/C44H28N2O/c1-2-13-32-29(11-1)12-9-20-39(32)45(42-21-10-17-37-35(42)27-28-38-36-16-5-8-22-43(36)47-44(37)38)30-23-25-31(26-24-30)46-40-18-6-3-14-33(40)34-15-4-7-19-41(34)46/h1-28H. The van der Waals surface area contributed by atoms with Crippen molar-refractivity contribution in [3.63, 3.8) is 0 Å². The molecule has 0 bridgehead atoms. The summed E-state index contributed by atoms with van der Waals surface area (Å²) in [5.74, 6) is 0. The Morgan fingerprint density at radius 2 is 0.915 bits per heavy atom. The summed E-state index contributed by atoms with van der Waals surface area (Å²) in [6.45, 7) is 0. The zero-order chi connectivity index (χ0) is 30.9. The molecule has 0 spiro atoms. The van der Waals surface area contributed by atoms with E-state index in [4.69, 9.17) is 4.42 Å². The van der Waals surface area contributed by atoms with E-state index in [1.807, 2.05) is 12.1 Å². The number of para-hydroxylation sites is 3. The van der Waals surface area contributed by atoms with Crippen LogP contribution in [0.4, 0.5) is 17.1 Å². The number of hydrogen-bond donors (Lipinski definition) is 0. The highest BCUT2D eigenvalue weighted by Gasteiger charge is 2.20. The predicted molar refractivity (Wildman–Crippen MR) is 198 cm³/mol. The Hall–Kier alpha value is -6.32. The number of nitrogens with zero attached hydrogens (tertiary/aromatic N) is 2. The minimum atomic E-state index is 0.909. The monoisotopic (exact) mass is 600 g/mol. The Labute approximate surface area is 271 Å². The number of rotatable bonds is 4. The molecular formula is C44H28N2O. The van der Waals surface area contributed by atoms with Crippen molar-refractivity contribution in [2.75, 3.05) is 4.90 Å². The van der Waals surface area contributed by atoms with Crippen LogP contribution in [-0.4, -0.2) is 4.57 Å². The van der Waals surface area contributed by atoms with E-state index in [9.17, 15) is 0 Å². The Bertz CT molecular complexity index is 2740. The van der Waals surface area contributed by atoms with E-state index >= 15 is 0 Å². The van der Waals surface area contributed by atoms with Crippen LogP contribution in [-0.2, 0) is 0 Å². The minimum absolute atomic E-state index is 0.909. The van der Waals surface area contributed by atoms with Gasteiger partial charge in [-0.15, -0.1) is 0 Å². The van der Waals surface area contributed by atoms with Gasteiger partial charge in [-0.05, 0) is 66.0 Å². The summed E-state index contributed by atoms with van der Waals surface area (Å²) in [4.78, 5) is 2.40. The fourth-order valence-corrected chi connectivity index (χ4v) is 7.48. The highest BCUT2D eigenvalue weighted by Crippen LogP contribution is 2.44. The van der Waals surface area contributed by atoms with E-state index in [1.54, 1.807) is 0 Å². The Balaban J connectivity index is 1.21. The van der Waals surface area contributed by atoms with Gasteiger partial charge in [-0.25, -0.2) is 0 Å². The molecule has 8 aromatic carbocycles. The minimum Gasteiger partial charge on any atom is -0.455 e. The average Bonchev–Trinajstić information content (AvgIpc) is 3.69. The lowest BCUT2D eigenvalue weighted by atomic mass is 10.0. The zero-order valence-corrected chi connectivity index (χ0v) is 25.5. The SMILES string of the molecule is c1ccc2c(N(c3ccc(-n4c5ccccc5c5ccccc54)cc3)c3cccc4c3ccc3c5ccccc5oc43)cccc2c1. The maximum Gasteiger partial charge on any atom is 0.143 e. The third-order valence-electron chi connectivity index (χ3n) is 9.57. The van der Waals surface area contributed by atoms with Gasteiger partial charge >= 0.3 is 0 Å². The van der Waals surface area contributed by atoms with Crippen LogP contribution in [0.1, 0.15) is 0 Å². The second-order valence-corrected chi connectivity index (χ2v) is 12.1. The molecule has 2 heterocycles. The molecule has 0 aliphatic heterocycles. The van der Waals surface area contributed by atoms with Gasteiger partial charge in [-0.3, -0.25) is 0 Å². The third-order valence-corrected chi connectivity index (χ3v) is 9.57. The summed E-state index contributed by atoms with van der Waals surface area (Å²) in [6, 6.07) is 60.8. The van der Waals surface area contributed by atoms with Gasteiger partial charge in [0.25, 0.3) is 0 Å². The maximum absolute atomic E-state index is 6.49. The van der Waals surface area contributed by atoms with Crippen molar-refractivity contribution >= 4 is 82.4 Å². The van der Waals surface area contributed by atoms with Crippen LogP contribution in [0.2, 0.25) is 0 Å². The number of anilines is 3. The van der Waals surface area contributed by atoms with Gasteiger partial charge in [-0.1, -0.05) is 109 Å². The molecule has 2 aromatic heterocycles. The van der Waals surface area contributed by atoms with E-state index in [0.717, 1.165) is 55.5 Å². The first kappa shape index (κ1) is 26.0. The molecule has 10 rings (SSSR count). The van der Waals surface area contributed by atoms with Gasteiger partial charge < -0.3 is 13.9 Å². The Morgan fingerprint density at radius 3 is 1.68 bits per heavy atom. The molecule has 0 saturated heterocycles. The molecule has 0 fully saturated rings. The largest absolute Gasteiger partial charge is 0.455 e. The molecule has 0 amide bonds. The maximum atomic E-state index is 6.49. The van der Waals surface area contributed by atoms with Crippen LogP contribution in [0.5, 0.6) is 0 Å². The van der Waals surface area contributed by atoms with Gasteiger partial charge in [0.2, 0.25) is 0 Å². The van der Waals surface area contributed by atoms with E-state index < -0.39 is 0 Å². The van der Waals surface area contributed by atoms with Crippen LogP contribution in [0.3, 0.4) is 0 Å². The van der Waals surface area contributed by atoms with Gasteiger partial charge in [0.1, 0.15) is 11.2 Å². The van der Waals surface area contributed by atoms with Crippen molar-refractivity contribution in [3.05, 3.63) is 170 Å². The Kier molecular flexibility index (Phi) is 5.57. The van der Waals surface area contributed by atoms with E-state index in [2.05, 4.69) is 167 Å². The average molecular weight is 601 g/mol. The lowest BCUT2D eigenvalue weighted by Crippen LogP contribution is -2.11. The smallest absolute Gasteiger partial charge is 0.143 e. The molecule has 0 aliphatic rings. The van der Waals surface area contributed by atoms with Crippen molar-refractivity contribution in [1.82, 2.24) is 4.57 Å². The number of hydrogen-bond acceptors (Lipinski definition) is 2. The highest BCUT2D eigenvalue weighted by molar-refractivity contribution is 6.18. The molecule has 10 aromatic rings. The number of furan rings is 1.